The second kappa shape index (κ2) is 5.68. The first-order valence-corrected chi connectivity index (χ1v) is 8.61. The van der Waals surface area contributed by atoms with Crippen LogP contribution in [-0.2, 0) is 4.74 Å². The fourth-order valence-corrected chi connectivity index (χ4v) is 3.55. The second-order valence-electron chi connectivity index (χ2n) is 7.05. The molecule has 4 nitrogen and oxygen atoms in total. The molecule has 1 atom stereocenters. The van der Waals surface area contributed by atoms with Gasteiger partial charge in [0.1, 0.15) is 0 Å². The Labute approximate surface area is 136 Å². The van der Waals surface area contributed by atoms with E-state index < -0.39 is 0 Å². The molecule has 2 aromatic rings. The van der Waals surface area contributed by atoms with E-state index in [2.05, 4.69) is 29.8 Å². The lowest BCUT2D eigenvalue weighted by Gasteiger charge is -2.25. The molecule has 0 spiro atoms. The first-order chi connectivity index (χ1) is 11.1. The summed E-state index contributed by atoms with van der Waals surface area (Å²) in [6.07, 6.45) is 3.36. The summed E-state index contributed by atoms with van der Waals surface area (Å²) in [7, 11) is 0. The van der Waals surface area contributed by atoms with Crippen LogP contribution in [0.5, 0.6) is 0 Å². The number of carbonyl (C=O) groups is 1. The minimum atomic E-state index is 0.180. The third-order valence-electron chi connectivity index (χ3n) is 5.28. The minimum Gasteiger partial charge on any atom is -0.381 e. The zero-order valence-electron chi connectivity index (χ0n) is 13.9. The van der Waals surface area contributed by atoms with Crippen molar-refractivity contribution in [2.45, 2.75) is 39.2 Å². The van der Waals surface area contributed by atoms with E-state index in [1.165, 1.54) is 11.3 Å². The van der Waals surface area contributed by atoms with Gasteiger partial charge in [-0.05, 0) is 56.9 Å². The number of hydrogen-bond donors (Lipinski definition) is 1. The van der Waals surface area contributed by atoms with Crippen LogP contribution < -0.4 is 0 Å². The Bertz CT molecular complexity index is 739. The van der Waals surface area contributed by atoms with Gasteiger partial charge in [0, 0.05) is 47.3 Å². The molecular weight excluding hydrogens is 288 g/mol. The predicted molar refractivity (Wildman–Crippen MR) is 90.8 cm³/mol. The highest BCUT2D eigenvalue weighted by Gasteiger charge is 2.35. The fraction of sp³-hybridized carbons (Fsp3) is 0.526. The maximum absolute atomic E-state index is 13.1. The van der Waals surface area contributed by atoms with Crippen molar-refractivity contribution in [3.8, 4) is 0 Å². The van der Waals surface area contributed by atoms with Gasteiger partial charge in [-0.1, -0.05) is 0 Å². The van der Waals surface area contributed by atoms with Crippen molar-refractivity contribution in [1.82, 2.24) is 9.88 Å². The summed E-state index contributed by atoms with van der Waals surface area (Å²) in [5, 5.41) is 1.16. The van der Waals surface area contributed by atoms with Gasteiger partial charge in [0.15, 0.2) is 0 Å². The van der Waals surface area contributed by atoms with Crippen molar-refractivity contribution in [1.29, 1.82) is 0 Å². The van der Waals surface area contributed by atoms with Gasteiger partial charge in [-0.15, -0.1) is 0 Å². The Morgan fingerprint density at radius 2 is 2.13 bits per heavy atom. The number of carbonyl (C=O) groups excluding carboxylic acids is 1. The molecule has 2 aliphatic rings. The molecule has 1 saturated heterocycles. The molecule has 122 valence electrons. The summed E-state index contributed by atoms with van der Waals surface area (Å²) in [4.78, 5) is 18.5. The van der Waals surface area contributed by atoms with E-state index in [-0.39, 0.29) is 5.91 Å². The van der Waals surface area contributed by atoms with Gasteiger partial charge < -0.3 is 14.6 Å². The van der Waals surface area contributed by atoms with Gasteiger partial charge in [0.05, 0.1) is 6.61 Å². The van der Waals surface area contributed by atoms with E-state index in [9.17, 15) is 4.79 Å². The van der Waals surface area contributed by atoms with Gasteiger partial charge >= 0.3 is 0 Å². The lowest BCUT2D eigenvalue weighted by atomic mass is 10.1. The molecule has 1 aromatic carbocycles. The summed E-state index contributed by atoms with van der Waals surface area (Å²) >= 11 is 0. The van der Waals surface area contributed by atoms with Crippen LogP contribution >= 0.6 is 0 Å². The number of nitrogens with one attached hydrogen (secondary N) is 1. The summed E-state index contributed by atoms with van der Waals surface area (Å²) in [5.74, 6) is 0.680. The summed E-state index contributed by atoms with van der Waals surface area (Å²) < 4.78 is 5.48. The Morgan fingerprint density at radius 1 is 1.30 bits per heavy atom. The number of ether oxygens (including phenoxy) is 1. The average Bonchev–Trinajstić information content (AvgIpc) is 3.19. The van der Waals surface area contributed by atoms with Gasteiger partial charge in [-0.25, -0.2) is 0 Å². The third-order valence-corrected chi connectivity index (χ3v) is 5.28. The normalized spacial score (nSPS) is 21.0. The number of aryl methyl sites for hydroxylation is 2. The maximum Gasteiger partial charge on any atom is 0.254 e. The molecular formula is C19H24N2O2. The molecule has 1 saturated carbocycles. The third kappa shape index (κ3) is 2.76. The number of rotatable bonds is 4. The van der Waals surface area contributed by atoms with Crippen LogP contribution in [0.2, 0.25) is 0 Å². The Balaban J connectivity index is 1.61. The van der Waals surface area contributed by atoms with E-state index in [1.807, 2.05) is 12.1 Å². The molecule has 1 aliphatic heterocycles. The van der Waals surface area contributed by atoms with Crippen molar-refractivity contribution in [3.05, 3.63) is 35.0 Å². The zero-order valence-corrected chi connectivity index (χ0v) is 13.9. The number of aromatic nitrogens is 1. The Kier molecular flexibility index (Phi) is 3.64. The molecule has 0 bridgehead atoms. The van der Waals surface area contributed by atoms with Crippen LogP contribution in [0.15, 0.2) is 18.2 Å². The SMILES string of the molecule is Cc1[nH]c2ccc(C(=O)N(CC3CCOC3)C3CC3)cc2c1C. The summed E-state index contributed by atoms with van der Waals surface area (Å²) in [6, 6.07) is 6.48. The van der Waals surface area contributed by atoms with Crippen molar-refractivity contribution in [2.75, 3.05) is 19.8 Å². The van der Waals surface area contributed by atoms with Crippen LogP contribution in [0.4, 0.5) is 0 Å². The molecule has 1 amide bonds. The largest absolute Gasteiger partial charge is 0.381 e. The van der Waals surface area contributed by atoms with Gasteiger partial charge in [-0.2, -0.15) is 0 Å². The van der Waals surface area contributed by atoms with Crippen molar-refractivity contribution in [2.24, 2.45) is 5.92 Å². The molecule has 2 fully saturated rings. The van der Waals surface area contributed by atoms with Gasteiger partial charge in [-0.3, -0.25) is 4.79 Å². The van der Waals surface area contributed by atoms with Crippen LogP contribution in [0, 0.1) is 19.8 Å². The molecule has 4 rings (SSSR count). The highest BCUT2D eigenvalue weighted by Crippen LogP contribution is 2.31. The van der Waals surface area contributed by atoms with E-state index in [0.717, 1.165) is 55.5 Å². The smallest absolute Gasteiger partial charge is 0.254 e. The van der Waals surface area contributed by atoms with Crippen LogP contribution in [0.1, 0.15) is 40.9 Å². The molecule has 23 heavy (non-hydrogen) atoms. The average molecular weight is 312 g/mol. The van der Waals surface area contributed by atoms with Crippen molar-refractivity contribution < 1.29 is 9.53 Å². The highest BCUT2D eigenvalue weighted by atomic mass is 16.5. The lowest BCUT2D eigenvalue weighted by Crippen LogP contribution is -2.37. The van der Waals surface area contributed by atoms with E-state index >= 15 is 0 Å². The number of hydrogen-bond acceptors (Lipinski definition) is 2. The molecule has 1 aliphatic carbocycles. The molecule has 4 heteroatoms. The number of aromatic amines is 1. The summed E-state index contributed by atoms with van der Waals surface area (Å²) in [6.45, 7) is 6.66. The molecule has 1 aromatic heterocycles. The van der Waals surface area contributed by atoms with E-state index in [0.29, 0.717) is 12.0 Å². The number of benzene rings is 1. The Morgan fingerprint density at radius 3 is 2.83 bits per heavy atom. The number of H-pyrrole nitrogens is 1. The first-order valence-electron chi connectivity index (χ1n) is 8.61. The van der Waals surface area contributed by atoms with Gasteiger partial charge in [0.25, 0.3) is 5.91 Å². The number of fused-ring (bicyclic) bond motifs is 1. The molecule has 0 radical (unpaired) electrons. The van der Waals surface area contributed by atoms with Crippen LogP contribution in [-0.4, -0.2) is 41.6 Å². The zero-order chi connectivity index (χ0) is 16.0. The van der Waals surface area contributed by atoms with Crippen molar-refractivity contribution >= 4 is 16.8 Å². The molecule has 1 unspecified atom stereocenters. The topological polar surface area (TPSA) is 45.3 Å². The monoisotopic (exact) mass is 312 g/mol. The standard InChI is InChI=1S/C19H24N2O2/c1-12-13(2)20-18-6-3-15(9-17(12)18)19(22)21(16-4-5-16)10-14-7-8-23-11-14/h3,6,9,14,16,20H,4-5,7-8,10-11H2,1-2H3. The quantitative estimate of drug-likeness (QED) is 0.940. The number of amides is 1. The highest BCUT2D eigenvalue weighted by molar-refractivity contribution is 5.99. The fourth-order valence-electron chi connectivity index (χ4n) is 3.55. The molecule has 1 N–H and O–H groups in total. The maximum atomic E-state index is 13.1. The second-order valence-corrected chi connectivity index (χ2v) is 7.05. The summed E-state index contributed by atoms with van der Waals surface area (Å²) in [5.41, 5.74) is 4.33. The molecule has 2 heterocycles. The lowest BCUT2D eigenvalue weighted by molar-refractivity contribution is 0.0706. The number of nitrogens with zero attached hydrogens (tertiary/aromatic N) is 1. The first kappa shape index (κ1) is 14.8. The minimum absolute atomic E-state index is 0.180. The van der Waals surface area contributed by atoms with Gasteiger partial charge in [0.2, 0.25) is 0 Å². The van der Waals surface area contributed by atoms with Crippen LogP contribution in [0.25, 0.3) is 10.9 Å². The van der Waals surface area contributed by atoms with Crippen LogP contribution in [0.3, 0.4) is 0 Å². The predicted octanol–water partition coefficient (Wildman–Crippen LogP) is 3.43. The Hall–Kier alpha value is -1.81. The van der Waals surface area contributed by atoms with Crippen molar-refractivity contribution in [3.63, 3.8) is 0 Å². The van der Waals surface area contributed by atoms with E-state index in [1.54, 1.807) is 0 Å². The van der Waals surface area contributed by atoms with E-state index in [4.69, 9.17) is 4.74 Å².